The number of thiol groups is 1. The van der Waals surface area contributed by atoms with Gasteiger partial charge in [-0.1, -0.05) is 12.1 Å². The molecule has 0 aliphatic carbocycles. The smallest absolute Gasteiger partial charge is 0.423 e. The molecule has 74 valence electrons. The van der Waals surface area contributed by atoms with Crippen LogP contribution in [0.2, 0.25) is 0 Å². The second kappa shape index (κ2) is 4.64. The molecule has 1 aromatic carbocycles. The van der Waals surface area contributed by atoms with Gasteiger partial charge in [-0.3, -0.25) is 4.79 Å². The summed E-state index contributed by atoms with van der Waals surface area (Å²) in [6.45, 7) is 1.81. The fourth-order valence-corrected chi connectivity index (χ4v) is 1.59. The zero-order chi connectivity index (χ0) is 10.7. The fourth-order valence-electron chi connectivity index (χ4n) is 1.26. The van der Waals surface area contributed by atoms with Crippen LogP contribution in [-0.4, -0.2) is 23.5 Å². The largest absolute Gasteiger partial charge is 0.488 e. The third-order valence-electron chi connectivity index (χ3n) is 2.17. The van der Waals surface area contributed by atoms with Gasteiger partial charge in [0.1, 0.15) is 6.29 Å². The topological polar surface area (TPSA) is 57.5 Å². The van der Waals surface area contributed by atoms with Crippen molar-refractivity contribution in [3.8, 4) is 0 Å². The van der Waals surface area contributed by atoms with Crippen molar-refractivity contribution < 1.29 is 14.8 Å². The van der Waals surface area contributed by atoms with E-state index in [0.717, 1.165) is 11.1 Å². The van der Waals surface area contributed by atoms with Crippen LogP contribution in [0.3, 0.4) is 0 Å². The van der Waals surface area contributed by atoms with Crippen LogP contribution in [0.4, 0.5) is 0 Å². The van der Waals surface area contributed by atoms with E-state index in [9.17, 15) is 4.79 Å². The number of hydrogen-bond donors (Lipinski definition) is 3. The van der Waals surface area contributed by atoms with Gasteiger partial charge in [-0.2, -0.15) is 12.6 Å². The first-order valence-corrected chi connectivity index (χ1v) is 4.79. The van der Waals surface area contributed by atoms with Crippen molar-refractivity contribution in [1.29, 1.82) is 0 Å². The van der Waals surface area contributed by atoms with E-state index in [4.69, 9.17) is 10.0 Å². The second-order valence-electron chi connectivity index (χ2n) is 3.04. The molecule has 0 bridgehead atoms. The summed E-state index contributed by atoms with van der Waals surface area (Å²) in [4.78, 5) is 10.7. The van der Waals surface area contributed by atoms with Gasteiger partial charge < -0.3 is 10.0 Å². The van der Waals surface area contributed by atoms with E-state index in [0.29, 0.717) is 23.1 Å². The maximum absolute atomic E-state index is 10.7. The lowest BCUT2D eigenvalue weighted by Crippen LogP contribution is -2.30. The summed E-state index contributed by atoms with van der Waals surface area (Å²) >= 11 is 4.10. The third kappa shape index (κ3) is 2.18. The van der Waals surface area contributed by atoms with Crippen LogP contribution in [0.1, 0.15) is 21.5 Å². The molecule has 1 rings (SSSR count). The van der Waals surface area contributed by atoms with Crippen molar-refractivity contribution in [2.45, 2.75) is 12.7 Å². The number of rotatable bonds is 3. The minimum Gasteiger partial charge on any atom is -0.423 e. The molecule has 0 radical (unpaired) electrons. The Morgan fingerprint density at radius 1 is 1.50 bits per heavy atom. The first-order valence-electron chi connectivity index (χ1n) is 4.15. The van der Waals surface area contributed by atoms with Gasteiger partial charge in [-0.25, -0.2) is 0 Å². The van der Waals surface area contributed by atoms with Gasteiger partial charge in [0.2, 0.25) is 0 Å². The predicted octanol–water partition coefficient (Wildman–Crippen LogP) is -0.0829. The zero-order valence-corrected chi connectivity index (χ0v) is 8.66. The molecule has 0 saturated carbocycles. The van der Waals surface area contributed by atoms with Gasteiger partial charge in [0.25, 0.3) is 0 Å². The van der Waals surface area contributed by atoms with E-state index in [1.165, 1.54) is 6.07 Å². The Morgan fingerprint density at radius 2 is 2.14 bits per heavy atom. The van der Waals surface area contributed by atoms with Gasteiger partial charge in [0.05, 0.1) is 0 Å². The standard InChI is InChI=1S/C9H11BO3S/c1-6-7(4-11)2-9(10(12)13)3-8(6)5-14/h2-4,12-14H,5H2,1H3. The van der Waals surface area contributed by atoms with Crippen molar-refractivity contribution in [2.75, 3.05) is 0 Å². The Bertz CT molecular complexity index is 352. The highest BCUT2D eigenvalue weighted by molar-refractivity contribution is 7.79. The summed E-state index contributed by atoms with van der Waals surface area (Å²) in [6, 6.07) is 3.11. The van der Waals surface area contributed by atoms with Crippen LogP contribution in [0, 0.1) is 6.92 Å². The first kappa shape index (κ1) is 11.3. The molecule has 0 fully saturated rings. The third-order valence-corrected chi connectivity index (χ3v) is 2.51. The van der Waals surface area contributed by atoms with E-state index in [2.05, 4.69) is 12.6 Å². The Hall–Kier alpha value is -0.775. The highest BCUT2D eigenvalue weighted by Crippen LogP contribution is 2.12. The molecule has 5 heteroatoms. The maximum Gasteiger partial charge on any atom is 0.488 e. The molecule has 0 atom stereocenters. The lowest BCUT2D eigenvalue weighted by atomic mass is 9.78. The normalized spacial score (nSPS) is 10.0. The van der Waals surface area contributed by atoms with Crippen molar-refractivity contribution in [3.63, 3.8) is 0 Å². The van der Waals surface area contributed by atoms with Gasteiger partial charge in [-0.15, -0.1) is 0 Å². The molecule has 0 aliphatic rings. The highest BCUT2D eigenvalue weighted by atomic mass is 32.1. The van der Waals surface area contributed by atoms with Crippen LogP contribution >= 0.6 is 12.6 Å². The molecular weight excluding hydrogens is 199 g/mol. The van der Waals surface area contributed by atoms with Crippen molar-refractivity contribution >= 4 is 31.5 Å². The van der Waals surface area contributed by atoms with Crippen molar-refractivity contribution in [1.82, 2.24) is 0 Å². The molecule has 0 amide bonds. The molecule has 0 saturated heterocycles. The average molecular weight is 210 g/mol. The fraction of sp³-hybridized carbons (Fsp3) is 0.222. The van der Waals surface area contributed by atoms with Crippen LogP contribution in [0.25, 0.3) is 0 Å². The van der Waals surface area contributed by atoms with Crippen LogP contribution in [0.5, 0.6) is 0 Å². The number of hydrogen-bond acceptors (Lipinski definition) is 4. The summed E-state index contributed by atoms with van der Waals surface area (Å²) in [5, 5.41) is 17.9. The SMILES string of the molecule is Cc1c(C=O)cc(B(O)O)cc1CS. The number of aldehydes is 1. The summed E-state index contributed by atoms with van der Waals surface area (Å²) in [5.41, 5.74) is 2.46. The molecule has 0 spiro atoms. The van der Waals surface area contributed by atoms with Gasteiger partial charge in [0, 0.05) is 11.3 Å². The molecule has 0 heterocycles. The minimum atomic E-state index is -1.55. The number of carbonyl (C=O) groups is 1. The Morgan fingerprint density at radius 3 is 2.57 bits per heavy atom. The van der Waals surface area contributed by atoms with E-state index in [-0.39, 0.29) is 0 Å². The minimum absolute atomic E-state index is 0.321. The zero-order valence-electron chi connectivity index (χ0n) is 7.77. The lowest BCUT2D eigenvalue weighted by molar-refractivity contribution is 0.112. The van der Waals surface area contributed by atoms with E-state index < -0.39 is 7.12 Å². The highest BCUT2D eigenvalue weighted by Gasteiger charge is 2.14. The molecule has 1 aromatic rings. The van der Waals surface area contributed by atoms with E-state index >= 15 is 0 Å². The van der Waals surface area contributed by atoms with E-state index in [1.54, 1.807) is 6.07 Å². The van der Waals surface area contributed by atoms with Crippen molar-refractivity contribution in [2.24, 2.45) is 0 Å². The Labute approximate surface area is 88.3 Å². The molecular formula is C9H11BO3S. The average Bonchev–Trinajstić information content (AvgIpc) is 2.17. The van der Waals surface area contributed by atoms with Crippen molar-refractivity contribution in [3.05, 3.63) is 28.8 Å². The summed E-state index contributed by atoms with van der Waals surface area (Å²) in [5.74, 6) is 0.466. The number of benzene rings is 1. The molecule has 0 aromatic heterocycles. The molecule has 0 unspecified atom stereocenters. The summed E-state index contributed by atoms with van der Waals surface area (Å²) < 4.78 is 0. The molecule has 3 nitrogen and oxygen atoms in total. The monoisotopic (exact) mass is 210 g/mol. The van der Waals surface area contributed by atoms with Gasteiger partial charge in [0.15, 0.2) is 0 Å². The quantitative estimate of drug-likeness (QED) is 0.371. The van der Waals surface area contributed by atoms with Crippen LogP contribution in [0.15, 0.2) is 12.1 Å². The van der Waals surface area contributed by atoms with Crippen LogP contribution in [-0.2, 0) is 5.75 Å². The van der Waals surface area contributed by atoms with Gasteiger partial charge in [-0.05, 0) is 23.5 Å². The second-order valence-corrected chi connectivity index (χ2v) is 3.36. The van der Waals surface area contributed by atoms with Crippen LogP contribution < -0.4 is 5.46 Å². The summed E-state index contributed by atoms with van der Waals surface area (Å²) in [7, 11) is -1.55. The van der Waals surface area contributed by atoms with Gasteiger partial charge >= 0.3 is 7.12 Å². The molecule has 14 heavy (non-hydrogen) atoms. The lowest BCUT2D eigenvalue weighted by Gasteiger charge is -2.08. The predicted molar refractivity (Wildman–Crippen MR) is 59.1 cm³/mol. The Balaban J connectivity index is 3.31. The Kier molecular flexibility index (Phi) is 3.74. The maximum atomic E-state index is 10.7. The molecule has 2 N–H and O–H groups in total. The summed E-state index contributed by atoms with van der Waals surface area (Å²) in [6.07, 6.45) is 0.703. The first-order chi connectivity index (χ1) is 6.60. The van der Waals surface area contributed by atoms with E-state index in [1.807, 2.05) is 6.92 Å². The number of carbonyl (C=O) groups excluding carboxylic acids is 1. The molecule has 0 aliphatic heterocycles.